The molecule has 0 amide bonds. The van der Waals surface area contributed by atoms with Gasteiger partial charge in [-0.15, -0.1) is 0 Å². The van der Waals surface area contributed by atoms with Crippen molar-refractivity contribution < 1.29 is 13.2 Å². The molecule has 2 aromatic rings. The Balaban J connectivity index is 2.52. The molecule has 0 radical (unpaired) electrons. The minimum Gasteiger partial charge on any atom is -0.309 e. The predicted molar refractivity (Wildman–Crippen MR) is 76.1 cm³/mol. The van der Waals surface area contributed by atoms with E-state index in [1.54, 1.807) is 26.1 Å². The lowest BCUT2D eigenvalue weighted by Gasteiger charge is -2.19. The predicted octanol–water partition coefficient (Wildman–Crippen LogP) is 4.48. The van der Waals surface area contributed by atoms with Gasteiger partial charge in [-0.3, -0.25) is 0 Å². The molecule has 106 valence electrons. The van der Waals surface area contributed by atoms with Crippen LogP contribution in [0.4, 0.5) is 13.2 Å². The van der Waals surface area contributed by atoms with E-state index in [0.29, 0.717) is 16.7 Å². The number of halogens is 4. The lowest BCUT2D eigenvalue weighted by Crippen LogP contribution is -2.19. The monoisotopic (exact) mass is 343 g/mol. The zero-order valence-electron chi connectivity index (χ0n) is 11.0. The van der Waals surface area contributed by atoms with Crippen molar-refractivity contribution in [1.82, 2.24) is 5.32 Å². The van der Waals surface area contributed by atoms with Gasteiger partial charge in [0.05, 0.1) is 10.5 Å². The van der Waals surface area contributed by atoms with Gasteiger partial charge >= 0.3 is 0 Å². The van der Waals surface area contributed by atoms with Crippen LogP contribution in [0.5, 0.6) is 0 Å². The Hall–Kier alpha value is -1.33. The third kappa shape index (κ3) is 2.74. The fourth-order valence-corrected chi connectivity index (χ4v) is 2.60. The number of nitrogens with one attached hydrogen (secondary N) is 1. The summed E-state index contributed by atoms with van der Waals surface area (Å²) in [5.41, 5.74) is 1.69. The summed E-state index contributed by atoms with van der Waals surface area (Å²) in [6, 6.07) is 6.90. The molecule has 0 aliphatic rings. The average Bonchev–Trinajstić information content (AvgIpc) is 2.43. The molecule has 1 N–H and O–H groups in total. The van der Waals surface area contributed by atoms with Crippen LogP contribution in [0.3, 0.4) is 0 Å². The number of hydrogen-bond acceptors (Lipinski definition) is 1. The molecule has 2 aromatic carbocycles. The van der Waals surface area contributed by atoms with Gasteiger partial charge in [0, 0.05) is 0 Å². The van der Waals surface area contributed by atoms with E-state index in [1.807, 2.05) is 0 Å². The summed E-state index contributed by atoms with van der Waals surface area (Å²) in [5.74, 6) is -2.21. The fraction of sp³-hybridized carbons (Fsp3) is 0.200. The quantitative estimate of drug-likeness (QED) is 0.810. The van der Waals surface area contributed by atoms with E-state index >= 15 is 0 Å². The summed E-state index contributed by atoms with van der Waals surface area (Å²) in [6.45, 7) is 1.67. The first kappa shape index (κ1) is 15.1. The molecule has 0 aliphatic heterocycles. The number of rotatable bonds is 3. The highest BCUT2D eigenvalue weighted by atomic mass is 79.9. The summed E-state index contributed by atoms with van der Waals surface area (Å²) in [6.07, 6.45) is 0. The van der Waals surface area contributed by atoms with Crippen molar-refractivity contribution in [2.45, 2.75) is 13.0 Å². The lowest BCUT2D eigenvalue weighted by molar-refractivity contribution is 0.499. The lowest BCUT2D eigenvalue weighted by atomic mass is 9.97. The third-order valence-electron chi connectivity index (χ3n) is 3.19. The molecular formula is C15H13BrF3N. The highest BCUT2D eigenvalue weighted by molar-refractivity contribution is 9.10. The Bertz CT molecular complexity index is 643. The van der Waals surface area contributed by atoms with E-state index in [4.69, 9.17) is 0 Å². The standard InChI is InChI=1S/C15H13BrF3N/c1-8-3-4-9(7-12(8)18)15(20-2)10-5-6-11(17)14(19)13(10)16/h3-7,15,20H,1-2H3. The van der Waals surface area contributed by atoms with Crippen molar-refractivity contribution in [3.8, 4) is 0 Å². The van der Waals surface area contributed by atoms with Gasteiger partial charge in [0.15, 0.2) is 11.6 Å². The van der Waals surface area contributed by atoms with Gasteiger partial charge in [0.1, 0.15) is 5.82 Å². The van der Waals surface area contributed by atoms with Crippen molar-refractivity contribution in [3.63, 3.8) is 0 Å². The van der Waals surface area contributed by atoms with E-state index in [1.165, 1.54) is 12.1 Å². The minimum atomic E-state index is -0.949. The van der Waals surface area contributed by atoms with Crippen LogP contribution < -0.4 is 5.32 Å². The molecule has 0 aromatic heterocycles. The van der Waals surface area contributed by atoms with Crippen LogP contribution in [-0.2, 0) is 0 Å². The van der Waals surface area contributed by atoms with Crippen LogP contribution in [0, 0.1) is 24.4 Å². The molecular weight excluding hydrogens is 331 g/mol. The second-order valence-electron chi connectivity index (χ2n) is 4.49. The van der Waals surface area contributed by atoms with E-state index in [2.05, 4.69) is 21.2 Å². The SMILES string of the molecule is CNC(c1ccc(C)c(F)c1)c1ccc(F)c(F)c1Br. The Kier molecular flexibility index (Phi) is 4.50. The van der Waals surface area contributed by atoms with Crippen molar-refractivity contribution in [1.29, 1.82) is 0 Å². The normalized spacial score (nSPS) is 12.5. The summed E-state index contributed by atoms with van der Waals surface area (Å²) < 4.78 is 40.5. The van der Waals surface area contributed by atoms with Crippen molar-refractivity contribution >= 4 is 15.9 Å². The molecule has 0 saturated heterocycles. The van der Waals surface area contributed by atoms with E-state index in [9.17, 15) is 13.2 Å². The van der Waals surface area contributed by atoms with Crippen LogP contribution in [0.1, 0.15) is 22.7 Å². The van der Waals surface area contributed by atoms with Gasteiger partial charge < -0.3 is 5.32 Å². The second kappa shape index (κ2) is 5.97. The largest absolute Gasteiger partial charge is 0.309 e. The van der Waals surface area contributed by atoms with Gasteiger partial charge in [-0.1, -0.05) is 18.2 Å². The molecule has 5 heteroatoms. The van der Waals surface area contributed by atoms with Gasteiger partial charge in [-0.05, 0) is 58.7 Å². The highest BCUT2D eigenvalue weighted by Crippen LogP contribution is 2.32. The Morgan fingerprint density at radius 3 is 2.35 bits per heavy atom. The zero-order valence-corrected chi connectivity index (χ0v) is 12.6. The van der Waals surface area contributed by atoms with Crippen LogP contribution in [-0.4, -0.2) is 7.05 Å². The van der Waals surface area contributed by atoms with Crippen molar-refractivity contribution in [2.75, 3.05) is 7.05 Å². The first-order valence-corrected chi connectivity index (χ1v) is 6.81. The van der Waals surface area contributed by atoms with Crippen LogP contribution in [0.15, 0.2) is 34.8 Å². The number of aryl methyl sites for hydroxylation is 1. The van der Waals surface area contributed by atoms with E-state index in [0.717, 1.165) is 6.07 Å². The summed E-state index contributed by atoms with van der Waals surface area (Å²) >= 11 is 3.05. The minimum absolute atomic E-state index is 0.0397. The first-order valence-electron chi connectivity index (χ1n) is 6.02. The maximum absolute atomic E-state index is 13.7. The Morgan fingerprint density at radius 1 is 1.05 bits per heavy atom. The maximum Gasteiger partial charge on any atom is 0.173 e. The van der Waals surface area contributed by atoms with Crippen LogP contribution in [0.2, 0.25) is 0 Å². The Morgan fingerprint density at radius 2 is 1.75 bits per heavy atom. The Labute approximate surface area is 123 Å². The summed E-state index contributed by atoms with van der Waals surface area (Å²) in [4.78, 5) is 0. The molecule has 2 rings (SSSR count). The number of benzene rings is 2. The zero-order chi connectivity index (χ0) is 14.9. The van der Waals surface area contributed by atoms with Crippen molar-refractivity contribution in [3.05, 3.63) is 68.9 Å². The molecule has 0 bridgehead atoms. The molecule has 1 nitrogen and oxygen atoms in total. The molecule has 1 unspecified atom stereocenters. The summed E-state index contributed by atoms with van der Waals surface area (Å²) in [7, 11) is 1.68. The molecule has 0 spiro atoms. The maximum atomic E-state index is 13.7. The third-order valence-corrected chi connectivity index (χ3v) is 4.00. The molecule has 0 fully saturated rings. The van der Waals surface area contributed by atoms with Gasteiger partial charge in [0.2, 0.25) is 0 Å². The fourth-order valence-electron chi connectivity index (χ4n) is 2.05. The van der Waals surface area contributed by atoms with E-state index in [-0.39, 0.29) is 10.3 Å². The first-order chi connectivity index (χ1) is 9.45. The molecule has 0 saturated carbocycles. The smallest absolute Gasteiger partial charge is 0.173 e. The molecule has 20 heavy (non-hydrogen) atoms. The second-order valence-corrected chi connectivity index (χ2v) is 5.29. The van der Waals surface area contributed by atoms with Crippen molar-refractivity contribution in [2.24, 2.45) is 0 Å². The molecule has 1 atom stereocenters. The number of hydrogen-bond donors (Lipinski definition) is 1. The molecule has 0 heterocycles. The summed E-state index contributed by atoms with van der Waals surface area (Å²) in [5, 5.41) is 2.98. The van der Waals surface area contributed by atoms with Gasteiger partial charge in [0.25, 0.3) is 0 Å². The highest BCUT2D eigenvalue weighted by Gasteiger charge is 2.20. The van der Waals surface area contributed by atoms with Crippen LogP contribution >= 0.6 is 15.9 Å². The molecule has 0 aliphatic carbocycles. The van der Waals surface area contributed by atoms with Crippen LogP contribution in [0.25, 0.3) is 0 Å². The van der Waals surface area contributed by atoms with Gasteiger partial charge in [-0.25, -0.2) is 13.2 Å². The van der Waals surface area contributed by atoms with Gasteiger partial charge in [-0.2, -0.15) is 0 Å². The average molecular weight is 344 g/mol. The van der Waals surface area contributed by atoms with E-state index < -0.39 is 17.7 Å². The topological polar surface area (TPSA) is 12.0 Å².